The summed E-state index contributed by atoms with van der Waals surface area (Å²) in [5, 5.41) is 27.6. The number of carboxylic acids is 1. The van der Waals surface area contributed by atoms with Gasteiger partial charge in [0, 0.05) is 26.2 Å². The van der Waals surface area contributed by atoms with E-state index in [1.165, 1.54) is 43.0 Å². The summed E-state index contributed by atoms with van der Waals surface area (Å²) in [6.45, 7) is 5.06. The van der Waals surface area contributed by atoms with Gasteiger partial charge in [-0.1, -0.05) is 111 Å². The number of amides is 5. The Balaban J connectivity index is 1.46. The summed E-state index contributed by atoms with van der Waals surface area (Å²) < 4.78 is 15.9. The second-order valence-electron chi connectivity index (χ2n) is 16.4. The molecule has 0 aromatic heterocycles. The highest BCUT2D eigenvalue weighted by molar-refractivity contribution is 7.98. The number of hydrogen-bond donors (Lipinski definition) is 8. The molecule has 0 aliphatic heterocycles. The Morgan fingerprint density at radius 3 is 1.45 bits per heavy atom. The van der Waals surface area contributed by atoms with E-state index in [1.54, 1.807) is 6.07 Å². The minimum atomic E-state index is -4.84. The monoisotopic (exact) mass is 941 g/mol. The SMILES string of the molecule is CSCCC(NC(C)=O)C(=O)NC(CC(C)C)C(=O)NC(Cc1ccc2ccccc2c1)C(=O)NC(Cc1ccc2ccccc2c1)C(=O)NC(Cc1ccc(OP(=O)(O)O)cc1)C(=O)O. The topological polar surface area (TPSA) is 250 Å². The molecule has 5 rings (SSSR count). The predicted octanol–water partition coefficient (Wildman–Crippen LogP) is 4.82. The van der Waals surface area contributed by atoms with E-state index < -0.39 is 73.5 Å². The van der Waals surface area contributed by atoms with Crippen LogP contribution in [0.3, 0.4) is 0 Å². The number of nitrogens with one attached hydrogen (secondary N) is 5. The Kier molecular flexibility index (Phi) is 18.3. The molecule has 0 spiro atoms. The third-order valence-corrected chi connectivity index (χ3v) is 11.7. The van der Waals surface area contributed by atoms with E-state index in [4.69, 9.17) is 9.79 Å². The summed E-state index contributed by atoms with van der Waals surface area (Å²) in [7, 11) is -4.84. The van der Waals surface area contributed by atoms with Crippen molar-refractivity contribution in [3.63, 3.8) is 0 Å². The maximum absolute atomic E-state index is 14.7. The molecule has 16 nitrogen and oxygen atoms in total. The minimum absolute atomic E-state index is 0.0310. The molecule has 18 heteroatoms. The zero-order chi connectivity index (χ0) is 48.0. The lowest BCUT2D eigenvalue weighted by Gasteiger charge is -2.28. The molecule has 0 aliphatic carbocycles. The van der Waals surface area contributed by atoms with Crippen molar-refractivity contribution in [2.24, 2.45) is 5.92 Å². The van der Waals surface area contributed by atoms with Gasteiger partial charge in [0.05, 0.1) is 0 Å². The van der Waals surface area contributed by atoms with Crippen molar-refractivity contribution in [1.82, 2.24) is 26.6 Å². The molecule has 5 amide bonds. The van der Waals surface area contributed by atoms with Crippen LogP contribution in [0.15, 0.2) is 109 Å². The molecule has 0 radical (unpaired) electrons. The molecule has 0 saturated carbocycles. The van der Waals surface area contributed by atoms with E-state index in [2.05, 4.69) is 31.1 Å². The van der Waals surface area contributed by atoms with Crippen LogP contribution in [0.25, 0.3) is 21.5 Å². The fraction of sp³-hybridized carbons (Fsp3) is 0.333. The Morgan fingerprint density at radius 1 is 0.576 bits per heavy atom. The van der Waals surface area contributed by atoms with Gasteiger partial charge in [0.25, 0.3) is 0 Å². The number of benzene rings is 5. The molecule has 5 unspecified atom stereocenters. The first-order chi connectivity index (χ1) is 31.4. The van der Waals surface area contributed by atoms with Crippen molar-refractivity contribution in [3.05, 3.63) is 126 Å². The molecule has 0 saturated heterocycles. The summed E-state index contributed by atoms with van der Waals surface area (Å²) in [4.78, 5) is 99.9. The third-order valence-electron chi connectivity index (χ3n) is 10.6. The van der Waals surface area contributed by atoms with Crippen molar-refractivity contribution < 1.29 is 52.7 Å². The number of carbonyl (C=O) groups excluding carboxylic acids is 5. The van der Waals surface area contributed by atoms with Gasteiger partial charge in [-0.3, -0.25) is 33.8 Å². The molecule has 5 aromatic carbocycles. The molecule has 350 valence electrons. The third kappa shape index (κ3) is 15.7. The molecular weight excluding hydrogens is 886 g/mol. The van der Waals surface area contributed by atoms with Gasteiger partial charge in [-0.15, -0.1) is 0 Å². The number of phosphoric ester groups is 1. The van der Waals surface area contributed by atoms with Gasteiger partial charge in [0.15, 0.2) is 0 Å². The number of carboxylic acid groups (broad SMARTS) is 1. The van der Waals surface area contributed by atoms with E-state index in [0.29, 0.717) is 28.9 Å². The molecular formula is C48H56N5O11PS. The van der Waals surface area contributed by atoms with Crippen LogP contribution in [0.5, 0.6) is 5.75 Å². The molecule has 5 atom stereocenters. The standard InChI is InChI=1S/C48H56N5O11PS/c1-29(2)23-40(50-44(55)39(21-22-66-4)49-30(3)54)45(56)51-41(27-32-13-17-34-9-5-7-11-36(34)24-32)46(57)52-42(28-33-14-18-35-10-6-8-12-37(35)25-33)47(58)53-43(48(59)60)26-31-15-19-38(20-16-31)64-65(61,62)63/h5-20,24-25,29,39-43H,21-23,26-28H2,1-4H3,(H,49,54)(H,50,55)(H,51,56)(H,52,57)(H,53,58)(H,59,60)(H2,61,62,63). The molecule has 66 heavy (non-hydrogen) atoms. The van der Waals surface area contributed by atoms with Gasteiger partial charge >= 0.3 is 13.8 Å². The molecule has 5 aromatic rings. The predicted molar refractivity (Wildman–Crippen MR) is 254 cm³/mol. The fourth-order valence-corrected chi connectivity index (χ4v) is 8.29. The van der Waals surface area contributed by atoms with Crippen LogP contribution < -0.4 is 31.1 Å². The van der Waals surface area contributed by atoms with Gasteiger partial charge in [-0.25, -0.2) is 9.36 Å². The molecule has 8 N–H and O–H groups in total. The first-order valence-corrected chi connectivity index (χ1v) is 24.3. The maximum atomic E-state index is 14.7. The van der Waals surface area contributed by atoms with Gasteiger partial charge < -0.3 is 36.2 Å². The number of rotatable bonds is 23. The Bertz CT molecular complexity index is 2570. The normalized spacial score (nSPS) is 13.7. The van der Waals surface area contributed by atoms with Crippen LogP contribution in [0, 0.1) is 5.92 Å². The summed E-state index contributed by atoms with van der Waals surface area (Å²) in [6, 6.07) is 25.5. The average molecular weight is 942 g/mol. The fourth-order valence-electron chi connectivity index (χ4n) is 7.42. The number of hydrogen-bond acceptors (Lipinski definition) is 9. The Labute approximate surface area is 387 Å². The zero-order valence-corrected chi connectivity index (χ0v) is 38.8. The van der Waals surface area contributed by atoms with Crippen LogP contribution in [0.2, 0.25) is 0 Å². The van der Waals surface area contributed by atoms with Gasteiger partial charge in [0.1, 0.15) is 36.0 Å². The van der Waals surface area contributed by atoms with Crippen LogP contribution in [-0.4, -0.2) is 92.6 Å². The highest BCUT2D eigenvalue weighted by Crippen LogP contribution is 2.37. The molecule has 0 fully saturated rings. The second kappa shape index (κ2) is 23.8. The highest BCUT2D eigenvalue weighted by atomic mass is 32.2. The summed E-state index contributed by atoms with van der Waals surface area (Å²) >= 11 is 1.50. The number of phosphoric acid groups is 1. The maximum Gasteiger partial charge on any atom is 0.524 e. The molecule has 0 heterocycles. The van der Waals surface area contributed by atoms with Crippen molar-refractivity contribution >= 4 is 76.6 Å². The first kappa shape index (κ1) is 50.7. The average Bonchev–Trinajstić information content (AvgIpc) is 3.26. The van der Waals surface area contributed by atoms with Crippen molar-refractivity contribution in [2.45, 2.75) is 83.1 Å². The van der Waals surface area contributed by atoms with Crippen molar-refractivity contribution in [1.29, 1.82) is 0 Å². The smallest absolute Gasteiger partial charge is 0.480 e. The lowest BCUT2D eigenvalue weighted by Crippen LogP contribution is -2.59. The number of thioether (sulfide) groups is 1. The quantitative estimate of drug-likeness (QED) is 0.0411. The summed E-state index contributed by atoms with van der Waals surface area (Å²) in [5.41, 5.74) is 1.72. The van der Waals surface area contributed by atoms with E-state index in [0.717, 1.165) is 21.5 Å². The minimum Gasteiger partial charge on any atom is -0.480 e. The van der Waals surface area contributed by atoms with Crippen LogP contribution in [-0.2, 0) is 52.6 Å². The van der Waals surface area contributed by atoms with E-state index in [1.807, 2.05) is 99.0 Å². The Hall–Kier alpha value is -6.26. The molecule has 0 aliphatic rings. The van der Waals surface area contributed by atoms with Gasteiger partial charge in [-0.05, 0) is 81.1 Å². The first-order valence-electron chi connectivity index (χ1n) is 21.4. The van der Waals surface area contributed by atoms with E-state index >= 15 is 0 Å². The number of carbonyl (C=O) groups is 6. The van der Waals surface area contributed by atoms with E-state index in [-0.39, 0.29) is 37.4 Å². The van der Waals surface area contributed by atoms with Crippen molar-refractivity contribution in [2.75, 3.05) is 12.0 Å². The van der Waals surface area contributed by atoms with Crippen LogP contribution in [0.4, 0.5) is 0 Å². The zero-order valence-electron chi connectivity index (χ0n) is 37.1. The largest absolute Gasteiger partial charge is 0.524 e. The highest BCUT2D eigenvalue weighted by Gasteiger charge is 2.33. The van der Waals surface area contributed by atoms with Crippen LogP contribution in [0.1, 0.15) is 50.3 Å². The van der Waals surface area contributed by atoms with E-state index in [9.17, 15) is 38.4 Å². The lowest BCUT2D eigenvalue weighted by molar-refractivity contribution is -0.142. The number of fused-ring (bicyclic) bond motifs is 2. The Morgan fingerprint density at radius 2 is 1.00 bits per heavy atom. The summed E-state index contributed by atoms with van der Waals surface area (Å²) in [6.07, 6.45) is 2.04. The van der Waals surface area contributed by atoms with Crippen molar-refractivity contribution in [3.8, 4) is 5.75 Å². The van der Waals surface area contributed by atoms with Gasteiger partial charge in [0.2, 0.25) is 29.5 Å². The second-order valence-corrected chi connectivity index (χ2v) is 18.6. The molecule has 0 bridgehead atoms. The summed E-state index contributed by atoms with van der Waals surface area (Å²) in [5.74, 6) is -4.26. The lowest BCUT2D eigenvalue weighted by atomic mass is 9.98. The van der Waals surface area contributed by atoms with Gasteiger partial charge in [-0.2, -0.15) is 11.8 Å². The number of aliphatic carboxylic acids is 1. The van der Waals surface area contributed by atoms with Crippen LogP contribution >= 0.6 is 19.6 Å².